The standard InChI is InChI=1S/C17H20O2.2C4H6O2/c1-3-12-17(2,13-4-8-15(18)9-5-13)14-6-10-16(19)11-7-14;2*1-3(2)4(5)6/h4-11,18-19H,3,12H2,1-2H3;2*1H2,2H3,(H,5,6). The maximum absolute atomic E-state index is 9.60. The number of carboxylic acid groups (broad SMARTS) is 2. The summed E-state index contributed by atoms with van der Waals surface area (Å²) in [5.74, 6) is -1.30. The monoisotopic (exact) mass is 428 g/mol. The molecule has 168 valence electrons. The number of hydrogen-bond donors (Lipinski definition) is 4. The first-order valence-electron chi connectivity index (χ1n) is 9.71. The lowest BCUT2D eigenvalue weighted by atomic mass is 9.73. The van der Waals surface area contributed by atoms with Gasteiger partial charge in [-0.15, -0.1) is 0 Å². The van der Waals surface area contributed by atoms with Crippen molar-refractivity contribution in [3.63, 3.8) is 0 Å². The minimum Gasteiger partial charge on any atom is -0.508 e. The third-order valence-electron chi connectivity index (χ3n) is 4.49. The molecular formula is C25H32O6. The van der Waals surface area contributed by atoms with Gasteiger partial charge in [0.1, 0.15) is 11.5 Å². The van der Waals surface area contributed by atoms with Gasteiger partial charge in [-0.3, -0.25) is 0 Å². The van der Waals surface area contributed by atoms with E-state index in [2.05, 4.69) is 27.0 Å². The Morgan fingerprint density at radius 3 is 1.23 bits per heavy atom. The van der Waals surface area contributed by atoms with E-state index in [1.807, 2.05) is 24.3 Å². The molecule has 2 aromatic carbocycles. The molecule has 0 heterocycles. The predicted molar refractivity (Wildman–Crippen MR) is 122 cm³/mol. The fraction of sp³-hybridized carbons (Fsp3) is 0.280. The largest absolute Gasteiger partial charge is 0.508 e. The predicted octanol–water partition coefficient (Wildman–Crippen LogP) is 5.50. The van der Waals surface area contributed by atoms with Crippen molar-refractivity contribution in [2.45, 2.75) is 46.0 Å². The van der Waals surface area contributed by atoms with Crippen LogP contribution in [0.3, 0.4) is 0 Å². The van der Waals surface area contributed by atoms with Crippen molar-refractivity contribution >= 4 is 11.9 Å². The summed E-state index contributed by atoms with van der Waals surface area (Å²) in [4.78, 5) is 19.2. The fourth-order valence-electron chi connectivity index (χ4n) is 2.61. The topological polar surface area (TPSA) is 115 Å². The lowest BCUT2D eigenvalue weighted by Crippen LogP contribution is -2.23. The minimum absolute atomic E-state index is 0.101. The first-order valence-corrected chi connectivity index (χ1v) is 9.71. The molecule has 0 radical (unpaired) electrons. The normalized spacial score (nSPS) is 9.94. The molecule has 31 heavy (non-hydrogen) atoms. The van der Waals surface area contributed by atoms with Gasteiger partial charge in [-0.25, -0.2) is 9.59 Å². The molecule has 2 aromatic rings. The zero-order valence-corrected chi connectivity index (χ0v) is 18.6. The molecule has 6 nitrogen and oxygen atoms in total. The van der Waals surface area contributed by atoms with Crippen LogP contribution < -0.4 is 0 Å². The quantitative estimate of drug-likeness (QED) is 0.452. The molecule has 0 unspecified atom stereocenters. The minimum atomic E-state index is -0.935. The molecule has 0 aliphatic heterocycles. The van der Waals surface area contributed by atoms with Crippen molar-refractivity contribution in [2.75, 3.05) is 0 Å². The molecule has 0 amide bonds. The van der Waals surface area contributed by atoms with Crippen molar-refractivity contribution < 1.29 is 30.0 Å². The van der Waals surface area contributed by atoms with Crippen molar-refractivity contribution in [3.8, 4) is 11.5 Å². The summed E-state index contributed by atoms with van der Waals surface area (Å²) >= 11 is 0. The van der Waals surface area contributed by atoms with E-state index in [9.17, 15) is 19.8 Å². The van der Waals surface area contributed by atoms with Gasteiger partial charge >= 0.3 is 11.9 Å². The second-order valence-electron chi connectivity index (χ2n) is 7.35. The van der Waals surface area contributed by atoms with Crippen molar-refractivity contribution in [1.82, 2.24) is 0 Å². The number of phenolic OH excluding ortho intramolecular Hbond substituents is 2. The zero-order valence-electron chi connectivity index (χ0n) is 18.6. The molecule has 0 saturated carbocycles. The van der Waals surface area contributed by atoms with E-state index in [-0.39, 0.29) is 28.1 Å². The molecule has 0 atom stereocenters. The molecule has 0 fully saturated rings. The summed E-state index contributed by atoms with van der Waals surface area (Å²) in [5, 5.41) is 34.6. The van der Waals surface area contributed by atoms with Crippen LogP contribution in [0.1, 0.15) is 51.7 Å². The van der Waals surface area contributed by atoms with E-state index in [0.717, 1.165) is 12.8 Å². The van der Waals surface area contributed by atoms with Crippen molar-refractivity contribution in [3.05, 3.63) is 84.0 Å². The molecule has 0 aromatic heterocycles. The highest BCUT2D eigenvalue weighted by Crippen LogP contribution is 2.37. The second-order valence-corrected chi connectivity index (χ2v) is 7.35. The number of benzene rings is 2. The maximum atomic E-state index is 9.60. The van der Waals surface area contributed by atoms with E-state index in [4.69, 9.17) is 10.2 Å². The molecule has 0 aliphatic rings. The Balaban J connectivity index is 0.000000620. The molecule has 2 rings (SSSR count). The van der Waals surface area contributed by atoms with Crippen LogP contribution in [-0.4, -0.2) is 32.4 Å². The second kappa shape index (κ2) is 12.9. The first kappa shape index (κ1) is 27.5. The van der Waals surface area contributed by atoms with E-state index < -0.39 is 11.9 Å². The van der Waals surface area contributed by atoms with Gasteiger partial charge in [0.2, 0.25) is 0 Å². The Morgan fingerprint density at radius 2 is 1.03 bits per heavy atom. The third kappa shape index (κ3) is 9.67. The molecular weight excluding hydrogens is 396 g/mol. The van der Waals surface area contributed by atoms with Gasteiger partial charge in [-0.05, 0) is 55.7 Å². The van der Waals surface area contributed by atoms with Crippen LogP contribution in [0.4, 0.5) is 0 Å². The van der Waals surface area contributed by atoms with Gasteiger partial charge in [0, 0.05) is 16.6 Å². The van der Waals surface area contributed by atoms with Gasteiger partial charge < -0.3 is 20.4 Å². The van der Waals surface area contributed by atoms with Gasteiger partial charge in [-0.1, -0.05) is 57.7 Å². The highest BCUT2D eigenvalue weighted by atomic mass is 16.4. The maximum Gasteiger partial charge on any atom is 0.330 e. The average Bonchev–Trinajstić information content (AvgIpc) is 2.69. The SMILES string of the molecule is C=C(C)C(=O)O.C=C(C)C(=O)O.CCCC(C)(c1ccc(O)cc1)c1ccc(O)cc1. The molecule has 6 heteroatoms. The zero-order chi connectivity index (χ0) is 24.2. The van der Waals surface area contributed by atoms with Crippen LogP contribution in [-0.2, 0) is 15.0 Å². The molecule has 0 spiro atoms. The van der Waals surface area contributed by atoms with Gasteiger partial charge in [0.15, 0.2) is 0 Å². The van der Waals surface area contributed by atoms with E-state index >= 15 is 0 Å². The van der Waals surface area contributed by atoms with Crippen molar-refractivity contribution in [2.24, 2.45) is 0 Å². The van der Waals surface area contributed by atoms with Gasteiger partial charge in [0.05, 0.1) is 0 Å². The Hall–Kier alpha value is -3.54. The number of aliphatic carboxylic acids is 2. The smallest absolute Gasteiger partial charge is 0.330 e. The van der Waals surface area contributed by atoms with E-state index in [1.165, 1.54) is 25.0 Å². The fourth-order valence-corrected chi connectivity index (χ4v) is 2.61. The summed E-state index contributed by atoms with van der Waals surface area (Å²) in [5.41, 5.74) is 2.61. The molecule has 0 bridgehead atoms. The van der Waals surface area contributed by atoms with Crippen LogP contribution in [0.25, 0.3) is 0 Å². The Labute approximate surface area is 183 Å². The number of carbonyl (C=O) groups is 2. The summed E-state index contributed by atoms with van der Waals surface area (Å²) in [6, 6.07) is 14.8. The Kier molecular flexibility index (Phi) is 11.4. The van der Waals surface area contributed by atoms with Crippen LogP contribution in [0.15, 0.2) is 72.8 Å². The van der Waals surface area contributed by atoms with Gasteiger partial charge in [0.25, 0.3) is 0 Å². The summed E-state index contributed by atoms with van der Waals surface area (Å²) in [7, 11) is 0. The van der Waals surface area contributed by atoms with Crippen molar-refractivity contribution in [1.29, 1.82) is 0 Å². The van der Waals surface area contributed by atoms with E-state index in [1.54, 1.807) is 24.3 Å². The first-order chi connectivity index (χ1) is 14.3. The number of hydrogen-bond acceptors (Lipinski definition) is 4. The number of phenols is 2. The molecule has 0 aliphatic carbocycles. The third-order valence-corrected chi connectivity index (χ3v) is 4.49. The van der Waals surface area contributed by atoms with Crippen LogP contribution in [0, 0.1) is 0 Å². The highest BCUT2D eigenvalue weighted by Gasteiger charge is 2.27. The lowest BCUT2D eigenvalue weighted by Gasteiger charge is -2.31. The lowest BCUT2D eigenvalue weighted by molar-refractivity contribution is -0.133. The van der Waals surface area contributed by atoms with Crippen LogP contribution >= 0.6 is 0 Å². The molecule has 4 N–H and O–H groups in total. The summed E-state index contributed by atoms with van der Waals surface area (Å²) in [6.07, 6.45) is 2.08. The Bertz CT molecular complexity index is 786. The van der Waals surface area contributed by atoms with Crippen LogP contribution in [0.2, 0.25) is 0 Å². The number of aromatic hydroxyl groups is 2. The van der Waals surface area contributed by atoms with E-state index in [0.29, 0.717) is 0 Å². The average molecular weight is 429 g/mol. The summed E-state index contributed by atoms with van der Waals surface area (Å²) in [6.45, 7) is 13.6. The number of rotatable bonds is 6. The highest BCUT2D eigenvalue weighted by molar-refractivity contribution is 5.85. The Morgan fingerprint density at radius 1 is 0.774 bits per heavy atom. The van der Waals surface area contributed by atoms with Gasteiger partial charge in [-0.2, -0.15) is 0 Å². The van der Waals surface area contributed by atoms with Crippen LogP contribution in [0.5, 0.6) is 11.5 Å². The molecule has 0 saturated heterocycles. The number of carboxylic acids is 2. The summed E-state index contributed by atoms with van der Waals surface area (Å²) < 4.78 is 0.